The molecule has 0 atom stereocenters. The molecule has 0 saturated carbocycles. The van der Waals surface area contributed by atoms with Crippen molar-refractivity contribution < 1.29 is 13.5 Å². The summed E-state index contributed by atoms with van der Waals surface area (Å²) in [6, 6.07) is 11.9. The highest BCUT2D eigenvalue weighted by Crippen LogP contribution is 2.12. The van der Waals surface area contributed by atoms with Gasteiger partial charge in [-0.15, -0.1) is 24.0 Å². The lowest BCUT2D eigenvalue weighted by atomic mass is 10.1. The summed E-state index contributed by atoms with van der Waals surface area (Å²) in [5.41, 5.74) is 1.40. The fraction of sp³-hybridized carbons (Fsp3) is 0.316. The van der Waals surface area contributed by atoms with E-state index in [1.807, 2.05) is 31.2 Å². The van der Waals surface area contributed by atoms with Crippen molar-refractivity contribution in [1.29, 1.82) is 0 Å². The molecule has 4 nitrogen and oxygen atoms in total. The second kappa shape index (κ2) is 11.7. The van der Waals surface area contributed by atoms with E-state index in [0.29, 0.717) is 37.6 Å². The van der Waals surface area contributed by atoms with Crippen LogP contribution in [0.15, 0.2) is 47.5 Å². The van der Waals surface area contributed by atoms with Gasteiger partial charge in [0, 0.05) is 13.1 Å². The van der Waals surface area contributed by atoms with Crippen molar-refractivity contribution in [2.75, 3.05) is 20.2 Å². The molecule has 0 unspecified atom stereocenters. The van der Waals surface area contributed by atoms with Crippen molar-refractivity contribution in [3.05, 3.63) is 65.2 Å². The highest BCUT2D eigenvalue weighted by Gasteiger charge is 2.07. The number of hydrogen-bond donors (Lipinski definition) is 2. The normalized spacial score (nSPS) is 10.8. The number of hydrogen-bond acceptors (Lipinski definition) is 2. The molecule has 0 saturated heterocycles. The molecule has 0 aliphatic carbocycles. The molecule has 2 aromatic carbocycles. The molecular weight excluding hydrogens is 451 g/mol. The first kappa shape index (κ1) is 22.1. The highest BCUT2D eigenvalue weighted by atomic mass is 127. The van der Waals surface area contributed by atoms with Crippen molar-refractivity contribution in [3.63, 3.8) is 0 Å². The third-order valence-electron chi connectivity index (χ3n) is 3.64. The average molecular weight is 475 g/mol. The van der Waals surface area contributed by atoms with Gasteiger partial charge >= 0.3 is 0 Å². The van der Waals surface area contributed by atoms with Crippen LogP contribution >= 0.6 is 24.0 Å². The largest absolute Gasteiger partial charge is 0.497 e. The van der Waals surface area contributed by atoms with E-state index >= 15 is 0 Å². The van der Waals surface area contributed by atoms with Crippen LogP contribution in [0, 0.1) is 11.6 Å². The van der Waals surface area contributed by atoms with Crippen molar-refractivity contribution in [2.45, 2.75) is 19.9 Å². The number of halogens is 3. The van der Waals surface area contributed by atoms with E-state index in [9.17, 15) is 8.78 Å². The number of nitrogens with one attached hydrogen (secondary N) is 2. The number of nitrogens with zero attached hydrogens (tertiary/aromatic N) is 1. The summed E-state index contributed by atoms with van der Waals surface area (Å²) >= 11 is 0. The number of ether oxygens (including phenoxy) is 1. The molecule has 0 heterocycles. The van der Waals surface area contributed by atoms with Crippen LogP contribution in [0.3, 0.4) is 0 Å². The molecule has 0 amide bonds. The summed E-state index contributed by atoms with van der Waals surface area (Å²) < 4.78 is 32.0. The monoisotopic (exact) mass is 475 g/mol. The van der Waals surface area contributed by atoms with Gasteiger partial charge in [0.25, 0.3) is 0 Å². The predicted octanol–water partition coefficient (Wildman–Crippen LogP) is 3.89. The van der Waals surface area contributed by atoms with E-state index < -0.39 is 11.6 Å². The zero-order valence-corrected chi connectivity index (χ0v) is 17.2. The third-order valence-corrected chi connectivity index (χ3v) is 3.64. The first-order valence-corrected chi connectivity index (χ1v) is 8.22. The van der Waals surface area contributed by atoms with Gasteiger partial charge in [0.05, 0.1) is 13.7 Å². The molecule has 2 N–H and O–H groups in total. The first-order chi connectivity index (χ1) is 12.1. The van der Waals surface area contributed by atoms with Crippen LogP contribution in [0.1, 0.15) is 18.1 Å². The Kier molecular flexibility index (Phi) is 9.93. The fourth-order valence-corrected chi connectivity index (χ4v) is 2.30. The van der Waals surface area contributed by atoms with Gasteiger partial charge in [-0.25, -0.2) is 13.8 Å². The summed E-state index contributed by atoms with van der Waals surface area (Å²) in [4.78, 5) is 4.50. The Labute approximate surface area is 170 Å². The fourth-order valence-electron chi connectivity index (χ4n) is 2.30. The minimum atomic E-state index is -0.822. The van der Waals surface area contributed by atoms with Gasteiger partial charge in [-0.1, -0.05) is 24.3 Å². The Bertz CT molecular complexity index is 708. The standard InChI is InChI=1S/C19H23F2N3O.HI/c1-3-22-19(24-13-14-7-9-16(25-2)10-8-14)23-12-11-15-5-4-6-17(20)18(15)21;/h4-10H,3,11-13H2,1-2H3,(H2,22,23,24);1H. The molecule has 2 aromatic rings. The van der Waals surface area contributed by atoms with Crippen LogP contribution in [0.5, 0.6) is 5.75 Å². The number of methoxy groups -OCH3 is 1. The Morgan fingerprint density at radius 2 is 1.81 bits per heavy atom. The lowest BCUT2D eigenvalue weighted by molar-refractivity contribution is 0.414. The summed E-state index contributed by atoms with van der Waals surface area (Å²) in [6.45, 7) is 3.64. The maximum atomic E-state index is 13.6. The number of rotatable bonds is 7. The molecule has 0 fully saturated rings. The molecule has 0 radical (unpaired) electrons. The first-order valence-electron chi connectivity index (χ1n) is 8.22. The summed E-state index contributed by atoms with van der Waals surface area (Å²) in [5.74, 6) is -0.174. The number of aliphatic imine (C=N–C) groups is 1. The molecule has 0 bridgehead atoms. The maximum Gasteiger partial charge on any atom is 0.191 e. The summed E-state index contributed by atoms with van der Waals surface area (Å²) in [7, 11) is 1.63. The highest BCUT2D eigenvalue weighted by molar-refractivity contribution is 14.0. The third kappa shape index (κ3) is 6.78. The van der Waals surface area contributed by atoms with Crippen molar-refractivity contribution >= 4 is 29.9 Å². The van der Waals surface area contributed by atoms with Crippen molar-refractivity contribution in [1.82, 2.24) is 10.6 Å². The van der Waals surface area contributed by atoms with E-state index in [1.165, 1.54) is 6.07 Å². The molecule has 26 heavy (non-hydrogen) atoms. The molecule has 7 heteroatoms. The molecule has 0 spiro atoms. The summed E-state index contributed by atoms with van der Waals surface area (Å²) in [5, 5.41) is 6.27. The van der Waals surface area contributed by atoms with Gasteiger partial charge < -0.3 is 15.4 Å². The van der Waals surface area contributed by atoms with E-state index in [1.54, 1.807) is 13.2 Å². The number of guanidine groups is 1. The Morgan fingerprint density at radius 1 is 1.08 bits per heavy atom. The maximum absolute atomic E-state index is 13.6. The van der Waals surface area contributed by atoms with Gasteiger partial charge in [-0.3, -0.25) is 0 Å². The van der Waals surface area contributed by atoms with Crippen LogP contribution in [-0.2, 0) is 13.0 Å². The molecule has 2 rings (SSSR count). The van der Waals surface area contributed by atoms with E-state index in [2.05, 4.69) is 15.6 Å². The molecule has 0 aliphatic rings. The van der Waals surface area contributed by atoms with Crippen LogP contribution in [0.4, 0.5) is 8.78 Å². The van der Waals surface area contributed by atoms with Crippen LogP contribution in [0.2, 0.25) is 0 Å². The van der Waals surface area contributed by atoms with E-state index in [4.69, 9.17) is 4.74 Å². The van der Waals surface area contributed by atoms with Gasteiger partial charge in [-0.05, 0) is 42.7 Å². The number of benzene rings is 2. The van der Waals surface area contributed by atoms with Crippen LogP contribution in [0.25, 0.3) is 0 Å². The molecule has 0 aliphatic heterocycles. The van der Waals surface area contributed by atoms with Crippen LogP contribution < -0.4 is 15.4 Å². The van der Waals surface area contributed by atoms with Gasteiger partial charge in [0.2, 0.25) is 0 Å². The van der Waals surface area contributed by atoms with Gasteiger partial charge in [-0.2, -0.15) is 0 Å². The molecule has 142 valence electrons. The Balaban J connectivity index is 0.00000338. The minimum absolute atomic E-state index is 0. The van der Waals surface area contributed by atoms with Crippen molar-refractivity contribution in [3.8, 4) is 5.75 Å². The zero-order chi connectivity index (χ0) is 18.1. The topological polar surface area (TPSA) is 45.7 Å². The Hall–Kier alpha value is -1.90. The zero-order valence-electron chi connectivity index (χ0n) is 14.9. The smallest absolute Gasteiger partial charge is 0.191 e. The lowest BCUT2D eigenvalue weighted by Gasteiger charge is -2.12. The predicted molar refractivity (Wildman–Crippen MR) is 111 cm³/mol. The average Bonchev–Trinajstić information content (AvgIpc) is 2.63. The van der Waals surface area contributed by atoms with Gasteiger partial charge in [0.15, 0.2) is 17.6 Å². The SMILES string of the molecule is CCNC(=NCc1ccc(OC)cc1)NCCc1cccc(F)c1F.I. The molecule has 0 aromatic heterocycles. The van der Waals surface area contributed by atoms with E-state index in [-0.39, 0.29) is 24.0 Å². The second-order valence-electron chi connectivity index (χ2n) is 5.43. The summed E-state index contributed by atoms with van der Waals surface area (Å²) in [6.07, 6.45) is 0.372. The van der Waals surface area contributed by atoms with Crippen molar-refractivity contribution in [2.24, 2.45) is 4.99 Å². The lowest BCUT2D eigenvalue weighted by Crippen LogP contribution is -2.38. The second-order valence-corrected chi connectivity index (χ2v) is 5.43. The van der Waals surface area contributed by atoms with Crippen LogP contribution in [-0.4, -0.2) is 26.2 Å². The van der Waals surface area contributed by atoms with Gasteiger partial charge in [0.1, 0.15) is 5.75 Å². The molecular formula is C19H24F2IN3O. The van der Waals surface area contributed by atoms with E-state index in [0.717, 1.165) is 17.4 Å². The quantitative estimate of drug-likeness (QED) is 0.363. The Morgan fingerprint density at radius 3 is 2.46 bits per heavy atom. The minimum Gasteiger partial charge on any atom is -0.497 e.